The molecule has 0 radical (unpaired) electrons. The molecule has 0 amide bonds. The summed E-state index contributed by atoms with van der Waals surface area (Å²) >= 11 is 0. The van der Waals surface area contributed by atoms with Gasteiger partial charge in [0.2, 0.25) is 0 Å². The van der Waals surface area contributed by atoms with E-state index in [-0.39, 0.29) is 24.0 Å². The number of aromatic nitrogens is 2. The van der Waals surface area contributed by atoms with Gasteiger partial charge in [-0.15, -0.1) is 12.4 Å². The van der Waals surface area contributed by atoms with Crippen molar-refractivity contribution in [2.75, 3.05) is 6.61 Å². The lowest BCUT2D eigenvalue weighted by Gasteiger charge is -2.17. The molecule has 2 aromatic rings. The lowest BCUT2D eigenvalue weighted by Crippen LogP contribution is -2.34. The Morgan fingerprint density at radius 1 is 1.36 bits per heavy atom. The standard InChI is InChI=1S/C15H18FN3O2.ClH/c1-2-20-12-10(6-5-7-11(12)16)13-18-14(19-21-13)15(17)8-3-4-9-15;/h5-7H,2-4,8-9,17H2,1H3;1H. The molecule has 1 aliphatic rings. The van der Waals surface area contributed by atoms with Crippen molar-refractivity contribution in [3.05, 3.63) is 29.8 Å². The van der Waals surface area contributed by atoms with Crippen LogP contribution in [0.5, 0.6) is 5.75 Å². The van der Waals surface area contributed by atoms with Crippen LogP contribution in [0.3, 0.4) is 0 Å². The number of halogens is 2. The number of rotatable bonds is 4. The Kier molecular flexibility index (Phi) is 5.03. The Labute approximate surface area is 134 Å². The SMILES string of the molecule is CCOc1c(F)cccc1-c1nc(C2(N)CCCC2)no1.Cl. The summed E-state index contributed by atoms with van der Waals surface area (Å²) in [5.41, 5.74) is 6.24. The van der Waals surface area contributed by atoms with E-state index in [2.05, 4.69) is 10.1 Å². The van der Waals surface area contributed by atoms with Gasteiger partial charge in [0, 0.05) is 0 Å². The normalized spacial score (nSPS) is 16.3. The van der Waals surface area contributed by atoms with Gasteiger partial charge in [0.1, 0.15) is 0 Å². The van der Waals surface area contributed by atoms with E-state index in [4.69, 9.17) is 15.0 Å². The molecule has 0 aliphatic heterocycles. The number of hydrogen-bond acceptors (Lipinski definition) is 5. The first kappa shape index (κ1) is 16.7. The zero-order chi connectivity index (χ0) is 14.9. The minimum Gasteiger partial charge on any atom is -0.490 e. The first-order valence-corrected chi connectivity index (χ1v) is 7.19. The van der Waals surface area contributed by atoms with Gasteiger partial charge in [-0.3, -0.25) is 0 Å². The third-order valence-corrected chi connectivity index (χ3v) is 3.85. The molecular formula is C15H19ClFN3O2. The Balaban J connectivity index is 0.00000176. The van der Waals surface area contributed by atoms with Crippen LogP contribution in [0.25, 0.3) is 11.5 Å². The van der Waals surface area contributed by atoms with Crippen LogP contribution in [0, 0.1) is 5.82 Å². The van der Waals surface area contributed by atoms with Crippen LogP contribution in [0.4, 0.5) is 4.39 Å². The van der Waals surface area contributed by atoms with Crippen LogP contribution in [-0.2, 0) is 5.54 Å². The highest BCUT2D eigenvalue weighted by Crippen LogP contribution is 2.37. The molecule has 1 heterocycles. The zero-order valence-corrected chi connectivity index (χ0v) is 13.2. The lowest BCUT2D eigenvalue weighted by atomic mass is 9.99. The molecule has 120 valence electrons. The van der Waals surface area contributed by atoms with E-state index in [0.29, 0.717) is 18.0 Å². The van der Waals surface area contributed by atoms with Crippen molar-refractivity contribution in [1.29, 1.82) is 0 Å². The summed E-state index contributed by atoms with van der Waals surface area (Å²) in [7, 11) is 0. The maximum absolute atomic E-state index is 13.9. The first-order chi connectivity index (χ1) is 10.1. The molecule has 1 saturated carbocycles. The number of ether oxygens (including phenoxy) is 1. The van der Waals surface area contributed by atoms with E-state index in [0.717, 1.165) is 25.7 Å². The van der Waals surface area contributed by atoms with Gasteiger partial charge in [-0.25, -0.2) is 4.39 Å². The Bertz CT molecular complexity index is 641. The Hall–Kier alpha value is -1.66. The Morgan fingerprint density at radius 2 is 2.09 bits per heavy atom. The molecule has 1 fully saturated rings. The molecule has 1 aliphatic carbocycles. The van der Waals surface area contributed by atoms with Gasteiger partial charge < -0.3 is 15.0 Å². The molecule has 0 atom stereocenters. The highest BCUT2D eigenvalue weighted by atomic mass is 35.5. The van der Waals surface area contributed by atoms with Gasteiger partial charge in [-0.1, -0.05) is 24.1 Å². The number of benzene rings is 1. The summed E-state index contributed by atoms with van der Waals surface area (Å²) in [6.45, 7) is 2.15. The zero-order valence-electron chi connectivity index (χ0n) is 12.3. The number of hydrogen-bond donors (Lipinski definition) is 1. The molecule has 22 heavy (non-hydrogen) atoms. The second kappa shape index (κ2) is 6.62. The fourth-order valence-corrected chi connectivity index (χ4v) is 2.73. The molecule has 2 N–H and O–H groups in total. The molecule has 3 rings (SSSR count). The third kappa shape index (κ3) is 2.94. The lowest BCUT2D eigenvalue weighted by molar-refractivity contribution is 0.320. The van der Waals surface area contributed by atoms with Crippen LogP contribution >= 0.6 is 12.4 Å². The van der Waals surface area contributed by atoms with E-state index in [1.807, 2.05) is 0 Å². The number of para-hydroxylation sites is 1. The van der Waals surface area contributed by atoms with Crippen LogP contribution in [-0.4, -0.2) is 16.7 Å². The molecule has 0 bridgehead atoms. The molecule has 7 heteroatoms. The maximum atomic E-state index is 13.9. The second-order valence-corrected chi connectivity index (χ2v) is 5.34. The van der Waals surface area contributed by atoms with Crippen molar-refractivity contribution in [2.45, 2.75) is 38.1 Å². The van der Waals surface area contributed by atoms with Gasteiger partial charge in [0.25, 0.3) is 5.89 Å². The first-order valence-electron chi connectivity index (χ1n) is 7.19. The average molecular weight is 328 g/mol. The molecular weight excluding hydrogens is 309 g/mol. The molecule has 1 aromatic carbocycles. The van der Waals surface area contributed by atoms with E-state index in [1.54, 1.807) is 19.1 Å². The van der Waals surface area contributed by atoms with E-state index >= 15 is 0 Å². The summed E-state index contributed by atoms with van der Waals surface area (Å²) in [6.07, 6.45) is 3.80. The van der Waals surface area contributed by atoms with Crippen LogP contribution in [0.15, 0.2) is 22.7 Å². The molecule has 0 spiro atoms. The van der Waals surface area contributed by atoms with Crippen molar-refractivity contribution in [2.24, 2.45) is 5.73 Å². The van der Waals surface area contributed by atoms with Crippen molar-refractivity contribution in [3.8, 4) is 17.2 Å². The molecule has 0 unspecified atom stereocenters. The van der Waals surface area contributed by atoms with Crippen molar-refractivity contribution in [1.82, 2.24) is 10.1 Å². The molecule has 0 saturated heterocycles. The second-order valence-electron chi connectivity index (χ2n) is 5.34. The maximum Gasteiger partial charge on any atom is 0.261 e. The third-order valence-electron chi connectivity index (χ3n) is 3.85. The van der Waals surface area contributed by atoms with Crippen molar-refractivity contribution < 1.29 is 13.7 Å². The predicted molar refractivity (Wildman–Crippen MR) is 82.4 cm³/mol. The largest absolute Gasteiger partial charge is 0.490 e. The predicted octanol–water partition coefficient (Wildman–Crippen LogP) is 3.42. The van der Waals surface area contributed by atoms with Crippen molar-refractivity contribution >= 4 is 12.4 Å². The topological polar surface area (TPSA) is 74.2 Å². The van der Waals surface area contributed by atoms with Gasteiger partial charge in [0.05, 0.1) is 17.7 Å². The van der Waals surface area contributed by atoms with Gasteiger partial charge in [-0.05, 0) is 31.9 Å². The van der Waals surface area contributed by atoms with E-state index < -0.39 is 11.4 Å². The van der Waals surface area contributed by atoms with Gasteiger partial charge in [0.15, 0.2) is 17.4 Å². The minimum absolute atomic E-state index is 0. The fraction of sp³-hybridized carbons (Fsp3) is 0.467. The summed E-state index contributed by atoms with van der Waals surface area (Å²) in [5, 5.41) is 3.99. The highest BCUT2D eigenvalue weighted by Gasteiger charge is 2.36. The van der Waals surface area contributed by atoms with Gasteiger partial charge in [-0.2, -0.15) is 4.98 Å². The molecule has 1 aromatic heterocycles. The van der Waals surface area contributed by atoms with Crippen LogP contribution < -0.4 is 10.5 Å². The average Bonchev–Trinajstić information content (AvgIpc) is 3.11. The number of nitrogens with two attached hydrogens (primary N) is 1. The smallest absolute Gasteiger partial charge is 0.261 e. The summed E-state index contributed by atoms with van der Waals surface area (Å²) in [6, 6.07) is 4.63. The van der Waals surface area contributed by atoms with Crippen LogP contribution in [0.1, 0.15) is 38.4 Å². The summed E-state index contributed by atoms with van der Waals surface area (Å²) in [4.78, 5) is 4.37. The number of nitrogens with zero attached hydrogens (tertiary/aromatic N) is 2. The van der Waals surface area contributed by atoms with E-state index in [1.165, 1.54) is 6.07 Å². The molecule has 5 nitrogen and oxygen atoms in total. The summed E-state index contributed by atoms with van der Waals surface area (Å²) < 4.78 is 24.5. The monoisotopic (exact) mass is 327 g/mol. The quantitative estimate of drug-likeness (QED) is 0.931. The highest BCUT2D eigenvalue weighted by molar-refractivity contribution is 5.85. The minimum atomic E-state index is -0.527. The van der Waals surface area contributed by atoms with E-state index in [9.17, 15) is 4.39 Å². The summed E-state index contributed by atoms with van der Waals surface area (Å²) in [5.74, 6) is 0.413. The Morgan fingerprint density at radius 3 is 2.77 bits per heavy atom. The van der Waals surface area contributed by atoms with Crippen LogP contribution in [0.2, 0.25) is 0 Å². The fourth-order valence-electron chi connectivity index (χ4n) is 2.73. The van der Waals surface area contributed by atoms with Crippen molar-refractivity contribution in [3.63, 3.8) is 0 Å². The van der Waals surface area contributed by atoms with Gasteiger partial charge >= 0.3 is 0 Å².